The van der Waals surface area contributed by atoms with E-state index in [-0.39, 0.29) is 10.8 Å². The summed E-state index contributed by atoms with van der Waals surface area (Å²) in [6.07, 6.45) is 10.6. The lowest BCUT2D eigenvalue weighted by Crippen LogP contribution is -2.33. The van der Waals surface area contributed by atoms with E-state index in [0.717, 1.165) is 11.4 Å². The molecule has 3 aromatic carbocycles. The molecule has 2 heteroatoms. The second-order valence-corrected chi connectivity index (χ2v) is 11.8. The van der Waals surface area contributed by atoms with Crippen molar-refractivity contribution < 1.29 is 0 Å². The van der Waals surface area contributed by atoms with Gasteiger partial charge in [0.2, 0.25) is 0 Å². The molecule has 0 bridgehead atoms. The Morgan fingerprint density at radius 3 is 2.29 bits per heavy atom. The van der Waals surface area contributed by atoms with Gasteiger partial charge in [-0.05, 0) is 76.6 Å². The fraction of sp³-hybridized carbons (Fsp3) is 0.312. The van der Waals surface area contributed by atoms with Crippen molar-refractivity contribution in [2.75, 3.05) is 0 Å². The van der Waals surface area contributed by atoms with E-state index in [1.807, 2.05) is 6.07 Å². The second kappa shape index (κ2) is 7.62. The monoisotopic (exact) mass is 465 g/mol. The fourth-order valence-electron chi connectivity index (χ4n) is 6.12. The van der Waals surface area contributed by atoms with Gasteiger partial charge in [-0.15, -0.1) is 0 Å². The van der Waals surface area contributed by atoms with Gasteiger partial charge in [-0.3, -0.25) is 0 Å². The summed E-state index contributed by atoms with van der Waals surface area (Å²) in [6, 6.07) is 22.4. The number of benzene rings is 3. The van der Waals surface area contributed by atoms with Crippen LogP contribution in [0.5, 0.6) is 0 Å². The molecule has 0 saturated carbocycles. The van der Waals surface area contributed by atoms with Crippen molar-refractivity contribution in [2.24, 2.45) is 0 Å². The standard InChI is InChI=1S/C32H32ClN/c1-31(2)17-18-32(3,4)28-19-22(11-15-27(28)31)21-9-13-24(14-10-21)34-29-8-6-5-7-25(29)26-20-23(33)12-16-30(26)34/h5-13,15-16,19-20,24H,14,17-18H2,1-4H3. The minimum atomic E-state index is 0.229. The number of halogens is 1. The topological polar surface area (TPSA) is 4.93 Å². The largest absolute Gasteiger partial charge is 0.333 e. The van der Waals surface area contributed by atoms with Crippen LogP contribution in [0.3, 0.4) is 0 Å². The normalized spacial score (nSPS) is 21.0. The molecule has 2 aliphatic rings. The molecule has 1 heterocycles. The zero-order chi connectivity index (χ0) is 23.7. The molecule has 0 N–H and O–H groups in total. The summed E-state index contributed by atoms with van der Waals surface area (Å²) >= 11 is 6.36. The molecule has 0 saturated heterocycles. The lowest BCUT2D eigenvalue weighted by atomic mass is 9.63. The van der Waals surface area contributed by atoms with Crippen LogP contribution in [0.15, 0.2) is 78.9 Å². The number of hydrogen-bond acceptors (Lipinski definition) is 0. The Balaban J connectivity index is 1.38. The Bertz CT molecular complexity index is 1490. The highest BCUT2D eigenvalue weighted by molar-refractivity contribution is 6.31. The SMILES string of the molecule is CC1(C)CCC(C)(C)c2cc(C3=CCC(n4c5ccccc5c5cc(Cl)ccc54)C=C3)ccc21. The molecule has 34 heavy (non-hydrogen) atoms. The molecule has 1 atom stereocenters. The minimum Gasteiger partial charge on any atom is -0.333 e. The average Bonchev–Trinajstić information content (AvgIpc) is 3.16. The van der Waals surface area contributed by atoms with Crippen molar-refractivity contribution in [3.05, 3.63) is 101 Å². The van der Waals surface area contributed by atoms with Crippen molar-refractivity contribution >= 4 is 39.0 Å². The van der Waals surface area contributed by atoms with Crippen molar-refractivity contribution in [1.29, 1.82) is 0 Å². The third-order valence-electron chi connectivity index (χ3n) is 8.27. The maximum absolute atomic E-state index is 6.36. The van der Waals surface area contributed by atoms with Crippen LogP contribution in [0.4, 0.5) is 0 Å². The van der Waals surface area contributed by atoms with Crippen LogP contribution in [0, 0.1) is 0 Å². The quantitative estimate of drug-likeness (QED) is 0.278. The van der Waals surface area contributed by atoms with Crippen molar-refractivity contribution in [3.63, 3.8) is 0 Å². The number of rotatable bonds is 2. The first-order chi connectivity index (χ1) is 16.2. The van der Waals surface area contributed by atoms with Crippen molar-refractivity contribution in [3.8, 4) is 0 Å². The molecular formula is C32H32ClN. The van der Waals surface area contributed by atoms with Crippen molar-refractivity contribution in [2.45, 2.75) is 63.8 Å². The summed E-state index contributed by atoms with van der Waals surface area (Å²) < 4.78 is 2.48. The molecular weight excluding hydrogens is 434 g/mol. The van der Waals surface area contributed by atoms with Gasteiger partial charge in [-0.2, -0.15) is 0 Å². The molecule has 2 aliphatic carbocycles. The third-order valence-corrected chi connectivity index (χ3v) is 8.50. The molecule has 0 aliphatic heterocycles. The highest BCUT2D eigenvalue weighted by Gasteiger charge is 2.37. The number of nitrogens with zero attached hydrogens (tertiary/aromatic N) is 1. The first-order valence-electron chi connectivity index (χ1n) is 12.5. The molecule has 0 radical (unpaired) electrons. The molecule has 1 aromatic heterocycles. The first-order valence-corrected chi connectivity index (χ1v) is 12.8. The van der Waals surface area contributed by atoms with Gasteiger partial charge in [-0.1, -0.05) is 93.9 Å². The van der Waals surface area contributed by atoms with E-state index in [2.05, 4.69) is 105 Å². The zero-order valence-corrected chi connectivity index (χ0v) is 21.3. The van der Waals surface area contributed by atoms with E-state index in [9.17, 15) is 0 Å². The summed E-state index contributed by atoms with van der Waals surface area (Å²) in [6.45, 7) is 9.59. The molecule has 0 fully saturated rings. The number of para-hydroxylation sites is 1. The maximum atomic E-state index is 6.36. The van der Waals surface area contributed by atoms with Crippen LogP contribution in [0.25, 0.3) is 27.4 Å². The Morgan fingerprint density at radius 1 is 0.794 bits per heavy atom. The maximum Gasteiger partial charge on any atom is 0.0560 e. The van der Waals surface area contributed by atoms with Gasteiger partial charge >= 0.3 is 0 Å². The van der Waals surface area contributed by atoms with Crippen LogP contribution in [-0.4, -0.2) is 4.57 Å². The van der Waals surface area contributed by atoms with Gasteiger partial charge in [0, 0.05) is 26.8 Å². The Kier molecular flexibility index (Phi) is 4.87. The van der Waals surface area contributed by atoms with E-state index in [4.69, 9.17) is 11.6 Å². The van der Waals surface area contributed by atoms with Crippen LogP contribution in [0.2, 0.25) is 5.02 Å². The number of allylic oxidation sites excluding steroid dienone is 4. The van der Waals surface area contributed by atoms with Gasteiger partial charge < -0.3 is 4.57 Å². The van der Waals surface area contributed by atoms with Crippen molar-refractivity contribution in [1.82, 2.24) is 4.57 Å². The predicted molar refractivity (Wildman–Crippen MR) is 147 cm³/mol. The van der Waals surface area contributed by atoms with Crippen LogP contribution >= 0.6 is 11.6 Å². The summed E-state index contributed by atoms with van der Waals surface area (Å²) in [4.78, 5) is 0. The zero-order valence-electron chi connectivity index (χ0n) is 20.5. The van der Waals surface area contributed by atoms with Gasteiger partial charge in [0.25, 0.3) is 0 Å². The summed E-state index contributed by atoms with van der Waals surface area (Å²) in [5.74, 6) is 0. The second-order valence-electron chi connectivity index (χ2n) is 11.4. The lowest BCUT2D eigenvalue weighted by Gasteiger charge is -2.42. The molecule has 1 unspecified atom stereocenters. The van der Waals surface area contributed by atoms with Crippen LogP contribution in [0.1, 0.15) is 69.7 Å². The smallest absolute Gasteiger partial charge is 0.0560 e. The summed E-state index contributed by atoms with van der Waals surface area (Å²) in [7, 11) is 0. The highest BCUT2D eigenvalue weighted by Crippen LogP contribution is 2.47. The molecule has 0 amide bonds. The highest BCUT2D eigenvalue weighted by atomic mass is 35.5. The lowest BCUT2D eigenvalue weighted by molar-refractivity contribution is 0.332. The van der Waals surface area contributed by atoms with Gasteiger partial charge in [0.15, 0.2) is 0 Å². The Labute approximate surface area is 207 Å². The van der Waals surface area contributed by atoms with E-state index in [0.29, 0.717) is 6.04 Å². The third kappa shape index (κ3) is 3.36. The summed E-state index contributed by atoms with van der Waals surface area (Å²) in [5.41, 5.74) is 8.72. The van der Waals surface area contributed by atoms with E-state index < -0.39 is 0 Å². The van der Waals surface area contributed by atoms with Gasteiger partial charge in [-0.25, -0.2) is 0 Å². The van der Waals surface area contributed by atoms with Crippen LogP contribution in [-0.2, 0) is 10.8 Å². The number of aromatic nitrogens is 1. The van der Waals surface area contributed by atoms with E-state index >= 15 is 0 Å². The number of fused-ring (bicyclic) bond motifs is 4. The number of hydrogen-bond donors (Lipinski definition) is 0. The first kappa shape index (κ1) is 21.7. The van der Waals surface area contributed by atoms with Gasteiger partial charge in [0.1, 0.15) is 0 Å². The molecule has 0 spiro atoms. The van der Waals surface area contributed by atoms with Gasteiger partial charge in [0.05, 0.1) is 6.04 Å². The Hall–Kier alpha value is -2.77. The molecule has 1 nitrogen and oxygen atoms in total. The van der Waals surface area contributed by atoms with E-state index in [1.165, 1.54) is 56.9 Å². The fourth-order valence-corrected chi connectivity index (χ4v) is 6.29. The van der Waals surface area contributed by atoms with E-state index in [1.54, 1.807) is 0 Å². The predicted octanol–water partition coefficient (Wildman–Crippen LogP) is 9.38. The summed E-state index contributed by atoms with van der Waals surface area (Å²) in [5, 5.41) is 3.28. The Morgan fingerprint density at radius 2 is 1.53 bits per heavy atom. The molecule has 4 aromatic rings. The molecule has 6 rings (SSSR count). The van der Waals surface area contributed by atoms with Crippen LogP contribution < -0.4 is 0 Å². The minimum absolute atomic E-state index is 0.229. The average molecular weight is 466 g/mol. The molecule has 172 valence electrons.